The van der Waals surface area contributed by atoms with Crippen LogP contribution in [0.3, 0.4) is 0 Å². The average molecular weight is 259 g/mol. The number of esters is 1. The van der Waals surface area contributed by atoms with Gasteiger partial charge in [-0.1, -0.05) is 0 Å². The van der Waals surface area contributed by atoms with Crippen LogP contribution in [0.15, 0.2) is 0 Å². The van der Waals surface area contributed by atoms with Gasteiger partial charge in [0.2, 0.25) is 0 Å². The van der Waals surface area contributed by atoms with Crippen molar-refractivity contribution in [2.75, 3.05) is 7.11 Å². The molecule has 0 heterocycles. The van der Waals surface area contributed by atoms with Gasteiger partial charge in [-0.2, -0.15) is 0 Å². The Bertz CT molecular complexity index is 372. The molecule has 0 bridgehead atoms. The molecule has 0 aromatic carbocycles. The summed E-state index contributed by atoms with van der Waals surface area (Å²) in [5.74, 6) is -3.60. The third kappa shape index (κ3) is 3.35. The number of hydrogen-bond acceptors (Lipinski definition) is 5. The van der Waals surface area contributed by atoms with E-state index in [1.165, 1.54) is 7.11 Å². The van der Waals surface area contributed by atoms with Gasteiger partial charge in [-0.15, -0.1) is 0 Å². The van der Waals surface area contributed by atoms with Crippen LogP contribution in [-0.2, 0) is 19.1 Å². The van der Waals surface area contributed by atoms with Crippen LogP contribution < -0.4 is 5.32 Å². The van der Waals surface area contributed by atoms with Gasteiger partial charge in [-0.05, 0) is 20.8 Å². The number of carbonyl (C=O) groups is 3. The number of hydrogen-bond donors (Lipinski definition) is 2. The summed E-state index contributed by atoms with van der Waals surface area (Å²) in [5, 5.41) is 11.2. The summed E-state index contributed by atoms with van der Waals surface area (Å²) in [7, 11) is 1.17. The van der Waals surface area contributed by atoms with Crippen LogP contribution in [-0.4, -0.2) is 41.9 Å². The minimum absolute atomic E-state index is 0.650. The molecule has 7 nitrogen and oxygen atoms in total. The first-order chi connectivity index (χ1) is 8.17. The van der Waals surface area contributed by atoms with Crippen LogP contribution in [0.2, 0.25) is 0 Å². The molecule has 0 unspecified atom stereocenters. The first-order valence-electron chi connectivity index (χ1n) is 5.47. The Hall–Kier alpha value is -1.79. The lowest BCUT2D eigenvalue weighted by Gasteiger charge is -2.19. The van der Waals surface area contributed by atoms with Crippen LogP contribution >= 0.6 is 0 Å². The number of amides is 1. The summed E-state index contributed by atoms with van der Waals surface area (Å²) in [4.78, 5) is 33.6. The Morgan fingerprint density at radius 2 is 1.72 bits per heavy atom. The van der Waals surface area contributed by atoms with Crippen LogP contribution in [0.4, 0.5) is 4.79 Å². The molecule has 1 aliphatic carbocycles. The van der Waals surface area contributed by atoms with E-state index in [-0.39, 0.29) is 0 Å². The summed E-state index contributed by atoms with van der Waals surface area (Å²) in [6, 6.07) is -0.773. The van der Waals surface area contributed by atoms with E-state index in [2.05, 4.69) is 10.1 Å². The summed E-state index contributed by atoms with van der Waals surface area (Å²) in [5.41, 5.74) is -0.682. The molecule has 1 fully saturated rings. The highest BCUT2D eigenvalue weighted by atomic mass is 16.6. The second-order valence-corrected chi connectivity index (χ2v) is 5.08. The lowest BCUT2D eigenvalue weighted by atomic mass is 10.2. The maximum atomic E-state index is 11.5. The molecule has 18 heavy (non-hydrogen) atoms. The molecule has 0 spiro atoms. The lowest BCUT2D eigenvalue weighted by Crippen LogP contribution is -2.35. The third-order valence-corrected chi connectivity index (χ3v) is 2.46. The fourth-order valence-corrected chi connectivity index (χ4v) is 1.67. The molecule has 2 N–H and O–H groups in total. The second-order valence-electron chi connectivity index (χ2n) is 5.08. The number of rotatable bonds is 3. The van der Waals surface area contributed by atoms with Gasteiger partial charge in [0.05, 0.1) is 25.0 Å². The predicted octanol–water partition coefficient (Wildman–Crippen LogP) is 0.383. The van der Waals surface area contributed by atoms with Crippen molar-refractivity contribution in [3.05, 3.63) is 0 Å². The Morgan fingerprint density at radius 1 is 1.17 bits per heavy atom. The lowest BCUT2D eigenvalue weighted by molar-refractivity contribution is -0.146. The molecule has 102 valence electrons. The van der Waals surface area contributed by atoms with Crippen LogP contribution in [0, 0.1) is 11.8 Å². The number of ether oxygens (including phenoxy) is 2. The zero-order valence-corrected chi connectivity index (χ0v) is 10.7. The zero-order valence-electron chi connectivity index (χ0n) is 10.7. The van der Waals surface area contributed by atoms with Gasteiger partial charge in [0.25, 0.3) is 0 Å². The van der Waals surface area contributed by atoms with Gasteiger partial charge >= 0.3 is 18.0 Å². The molecule has 1 amide bonds. The minimum atomic E-state index is -1.15. The number of alkyl carbamates (subject to hydrolysis) is 1. The number of aliphatic carboxylic acids is 1. The minimum Gasteiger partial charge on any atom is -0.481 e. The van der Waals surface area contributed by atoms with Gasteiger partial charge in [-0.3, -0.25) is 9.59 Å². The highest BCUT2D eigenvalue weighted by Gasteiger charge is 2.61. The Labute approximate surface area is 104 Å². The van der Waals surface area contributed by atoms with Crippen LogP contribution in [0.25, 0.3) is 0 Å². The van der Waals surface area contributed by atoms with Crippen molar-refractivity contribution in [1.29, 1.82) is 0 Å². The standard InChI is InChI=1S/C11H17NO6/c1-11(2,3)18-10(16)12-7-5(8(13)14)6(7)9(15)17-4/h5-7H,1-4H3,(H,12,16)(H,13,14)/t5-,6-,7-/m0/s1. The van der Waals surface area contributed by atoms with E-state index in [9.17, 15) is 14.4 Å². The largest absolute Gasteiger partial charge is 0.481 e. The van der Waals surface area contributed by atoms with E-state index in [0.29, 0.717) is 0 Å². The number of methoxy groups -OCH3 is 1. The maximum absolute atomic E-state index is 11.5. The summed E-state index contributed by atoms with van der Waals surface area (Å²) in [6.07, 6.45) is -0.745. The molecule has 0 aliphatic heterocycles. The molecule has 3 atom stereocenters. The third-order valence-electron chi connectivity index (χ3n) is 2.46. The Kier molecular flexibility index (Phi) is 3.83. The molecule has 1 saturated carbocycles. The van der Waals surface area contributed by atoms with Gasteiger partial charge < -0.3 is 19.9 Å². The summed E-state index contributed by atoms with van der Waals surface area (Å²) >= 11 is 0. The zero-order chi connectivity index (χ0) is 14.1. The van der Waals surface area contributed by atoms with Crippen molar-refractivity contribution in [1.82, 2.24) is 5.32 Å². The van der Waals surface area contributed by atoms with Crippen molar-refractivity contribution in [2.24, 2.45) is 11.8 Å². The van der Waals surface area contributed by atoms with Crippen molar-refractivity contribution in [3.63, 3.8) is 0 Å². The molecule has 1 rings (SSSR count). The SMILES string of the molecule is COC(=O)[C@@H]1[C@@H](NC(=O)OC(C)(C)C)[C@H]1C(=O)O. The van der Waals surface area contributed by atoms with E-state index >= 15 is 0 Å². The topological polar surface area (TPSA) is 102 Å². The van der Waals surface area contributed by atoms with E-state index in [1.807, 2.05) is 0 Å². The number of nitrogens with one attached hydrogen (secondary N) is 1. The molecule has 0 radical (unpaired) electrons. The number of carbonyl (C=O) groups excluding carboxylic acids is 2. The highest BCUT2D eigenvalue weighted by Crippen LogP contribution is 2.40. The first-order valence-corrected chi connectivity index (χ1v) is 5.47. The monoisotopic (exact) mass is 259 g/mol. The summed E-state index contributed by atoms with van der Waals surface area (Å²) in [6.45, 7) is 5.06. The van der Waals surface area contributed by atoms with Crippen LogP contribution in [0.1, 0.15) is 20.8 Å². The highest BCUT2D eigenvalue weighted by molar-refractivity contribution is 5.90. The smallest absolute Gasteiger partial charge is 0.407 e. The van der Waals surface area contributed by atoms with Crippen molar-refractivity contribution in [3.8, 4) is 0 Å². The van der Waals surface area contributed by atoms with Crippen molar-refractivity contribution >= 4 is 18.0 Å². The van der Waals surface area contributed by atoms with Gasteiger partial charge in [0, 0.05) is 0 Å². The molecular weight excluding hydrogens is 242 g/mol. The normalized spacial score (nSPS) is 26.1. The molecule has 0 saturated heterocycles. The van der Waals surface area contributed by atoms with E-state index in [1.54, 1.807) is 20.8 Å². The van der Waals surface area contributed by atoms with Crippen molar-refractivity contribution < 1.29 is 29.0 Å². The Morgan fingerprint density at radius 3 is 2.11 bits per heavy atom. The van der Waals surface area contributed by atoms with Gasteiger partial charge in [0.1, 0.15) is 5.60 Å². The quantitative estimate of drug-likeness (QED) is 0.710. The van der Waals surface area contributed by atoms with E-state index in [0.717, 1.165) is 0 Å². The maximum Gasteiger partial charge on any atom is 0.407 e. The van der Waals surface area contributed by atoms with Crippen LogP contribution in [0.5, 0.6) is 0 Å². The molecule has 0 aromatic heterocycles. The molecule has 1 aliphatic rings. The molecule has 7 heteroatoms. The van der Waals surface area contributed by atoms with E-state index < -0.39 is 41.5 Å². The molecular formula is C11H17NO6. The van der Waals surface area contributed by atoms with Gasteiger partial charge in [0.15, 0.2) is 0 Å². The van der Waals surface area contributed by atoms with Crippen molar-refractivity contribution in [2.45, 2.75) is 32.4 Å². The summed E-state index contributed by atoms with van der Waals surface area (Å²) < 4.78 is 9.46. The van der Waals surface area contributed by atoms with Gasteiger partial charge in [-0.25, -0.2) is 4.79 Å². The molecule has 0 aromatic rings. The first kappa shape index (κ1) is 14.3. The number of carboxylic acids is 1. The fraction of sp³-hybridized carbons (Fsp3) is 0.727. The predicted molar refractivity (Wildman–Crippen MR) is 59.8 cm³/mol. The van der Waals surface area contributed by atoms with E-state index in [4.69, 9.17) is 9.84 Å². The fourth-order valence-electron chi connectivity index (χ4n) is 1.67. The average Bonchev–Trinajstić information content (AvgIpc) is 2.87. The second kappa shape index (κ2) is 4.83. The Balaban J connectivity index is 2.59. The number of carboxylic acid groups (broad SMARTS) is 1.